The fraction of sp³-hybridized carbons (Fsp3) is 0.111. The molecule has 3 N–H and O–H groups in total. The molecule has 0 unspecified atom stereocenters. The summed E-state index contributed by atoms with van der Waals surface area (Å²) in [6.45, 7) is 0. The van der Waals surface area contributed by atoms with Crippen LogP contribution in [0.15, 0.2) is 49.1 Å². The molecule has 234 valence electrons. The van der Waals surface area contributed by atoms with Crippen LogP contribution in [0.3, 0.4) is 0 Å². The maximum Gasteiger partial charge on any atom is 0.360 e. The summed E-state index contributed by atoms with van der Waals surface area (Å²) in [6.07, 6.45) is 4.79. The molecule has 0 fully saturated rings. The number of rotatable bonds is 8. The van der Waals surface area contributed by atoms with Gasteiger partial charge in [0.1, 0.15) is 0 Å². The smallest absolute Gasteiger partial charge is 0.360 e. The molecule has 2 aromatic carbocycles. The molecule has 0 radical (unpaired) electrons. The van der Waals surface area contributed by atoms with Crippen LogP contribution in [0.2, 0.25) is 30.1 Å². The minimum Gasteiger partial charge on any atom is -0.476 e. The number of ether oxygens (including phenoxy) is 1. The zero-order chi connectivity index (χ0) is 33.3. The van der Waals surface area contributed by atoms with Crippen LogP contribution in [0.4, 0.5) is 11.6 Å². The number of nitrogens with zero attached hydrogens (tertiary/aromatic N) is 4. The Morgan fingerprint density at radius 2 is 1.02 bits per heavy atom. The number of hydrogen-bond acceptors (Lipinski definition) is 9. The van der Waals surface area contributed by atoms with Crippen LogP contribution in [-0.4, -0.2) is 55.9 Å². The van der Waals surface area contributed by atoms with Crippen molar-refractivity contribution in [3.05, 3.63) is 102 Å². The molecular weight excluding hydrogens is 717 g/mol. The van der Waals surface area contributed by atoms with E-state index in [4.69, 9.17) is 74.7 Å². The predicted molar refractivity (Wildman–Crippen MR) is 170 cm³/mol. The van der Waals surface area contributed by atoms with Crippen molar-refractivity contribution < 1.29 is 29.0 Å². The molecule has 45 heavy (non-hydrogen) atoms. The van der Waals surface area contributed by atoms with E-state index in [-0.39, 0.29) is 61.0 Å². The molecule has 0 aliphatic rings. The van der Waals surface area contributed by atoms with E-state index in [1.807, 2.05) is 0 Å². The lowest BCUT2D eigenvalue weighted by molar-refractivity contribution is -0.116. The Hall–Kier alpha value is -3.78. The summed E-state index contributed by atoms with van der Waals surface area (Å²) in [4.78, 5) is 62.0. The molecule has 4 aromatic rings. The van der Waals surface area contributed by atoms with Gasteiger partial charge < -0.3 is 20.5 Å². The topological polar surface area (TPSA) is 173 Å². The molecule has 0 bridgehead atoms. The number of carbonyl (C=O) groups excluding carboxylic acids is 3. The van der Waals surface area contributed by atoms with Crippen LogP contribution in [0.5, 0.6) is 0 Å². The highest BCUT2D eigenvalue weighted by molar-refractivity contribution is 6.45. The summed E-state index contributed by atoms with van der Waals surface area (Å²) in [5.74, 6) is -3.22. The molecule has 0 saturated heterocycles. The summed E-state index contributed by atoms with van der Waals surface area (Å²) in [6, 6.07) is 6.11. The highest BCUT2D eigenvalue weighted by Crippen LogP contribution is 2.33. The van der Waals surface area contributed by atoms with Gasteiger partial charge in [0.15, 0.2) is 23.0 Å². The average Bonchev–Trinajstić information content (AvgIpc) is 3.01. The Balaban J connectivity index is 0.000000246. The van der Waals surface area contributed by atoms with Crippen LogP contribution in [0.1, 0.15) is 32.1 Å². The zero-order valence-electron chi connectivity index (χ0n) is 22.6. The summed E-state index contributed by atoms with van der Waals surface area (Å²) >= 11 is 35.9. The number of carbonyl (C=O) groups is 4. The molecule has 0 aliphatic heterocycles. The van der Waals surface area contributed by atoms with E-state index in [2.05, 4.69) is 35.3 Å². The van der Waals surface area contributed by atoms with Crippen LogP contribution in [-0.2, 0) is 27.2 Å². The van der Waals surface area contributed by atoms with Crippen molar-refractivity contribution in [3.8, 4) is 0 Å². The van der Waals surface area contributed by atoms with E-state index < -0.39 is 23.8 Å². The third kappa shape index (κ3) is 9.60. The van der Waals surface area contributed by atoms with Gasteiger partial charge in [0.25, 0.3) is 0 Å². The molecule has 2 heterocycles. The number of anilines is 2. The van der Waals surface area contributed by atoms with E-state index in [9.17, 15) is 19.2 Å². The Morgan fingerprint density at radius 3 is 1.44 bits per heavy atom. The summed E-state index contributed by atoms with van der Waals surface area (Å²) in [7, 11) is 1.20. The Bertz CT molecular complexity index is 1780. The lowest BCUT2D eigenvalue weighted by Gasteiger charge is -2.10. The van der Waals surface area contributed by atoms with Gasteiger partial charge in [0.05, 0.1) is 40.0 Å². The number of halogens is 6. The van der Waals surface area contributed by atoms with Crippen LogP contribution < -0.4 is 10.6 Å². The lowest BCUT2D eigenvalue weighted by Crippen LogP contribution is -2.19. The van der Waals surface area contributed by atoms with E-state index in [0.29, 0.717) is 16.1 Å². The minimum atomic E-state index is -1.30. The van der Waals surface area contributed by atoms with Crippen molar-refractivity contribution >= 4 is 105 Å². The number of amides is 2. The van der Waals surface area contributed by atoms with E-state index in [1.165, 1.54) is 50.1 Å². The predicted octanol–water partition coefficient (Wildman–Crippen LogP) is 6.72. The maximum atomic E-state index is 12.2. The number of methoxy groups -OCH3 is 1. The molecule has 2 amide bonds. The summed E-state index contributed by atoms with van der Waals surface area (Å²) < 4.78 is 4.58. The van der Waals surface area contributed by atoms with Crippen molar-refractivity contribution in [2.75, 3.05) is 17.7 Å². The van der Waals surface area contributed by atoms with Crippen molar-refractivity contribution in [3.63, 3.8) is 0 Å². The second kappa shape index (κ2) is 16.5. The van der Waals surface area contributed by atoms with Gasteiger partial charge in [0.2, 0.25) is 11.8 Å². The van der Waals surface area contributed by atoms with Crippen molar-refractivity contribution in [1.29, 1.82) is 0 Å². The quantitative estimate of drug-likeness (QED) is 0.130. The number of nitrogens with one attached hydrogen (secondary N) is 2. The van der Waals surface area contributed by atoms with Gasteiger partial charge in [-0.25, -0.2) is 29.5 Å². The molecule has 0 spiro atoms. The number of esters is 1. The molecule has 0 aliphatic carbocycles. The first-order valence-electron chi connectivity index (χ1n) is 12.1. The molecular formula is C27H18Cl6N6O6. The first-order valence-corrected chi connectivity index (χ1v) is 14.4. The normalized spacial score (nSPS) is 10.3. The number of hydrogen-bond donors (Lipinski definition) is 3. The van der Waals surface area contributed by atoms with Crippen molar-refractivity contribution in [2.24, 2.45) is 0 Å². The fourth-order valence-corrected chi connectivity index (χ4v) is 4.76. The fourth-order valence-electron chi connectivity index (χ4n) is 3.40. The standard InChI is InChI=1S/C14H10Cl3N3O3.C13H8Cl3N3O3/c1-23-14(22)12-13(19-5-4-18-12)20-10(21)6-7-8(15)2-3-9(16)11(7)17;14-7-1-2-8(15)10(16)6(7)5-9(20)19-12-11(13(21)22)17-3-4-18-12/h2-5H,6H2,1H3,(H,19,20,21);1-4H,5H2,(H,21,22)(H,18,19,20). The average molecular weight is 735 g/mol. The van der Waals surface area contributed by atoms with Crippen LogP contribution in [0.25, 0.3) is 0 Å². The number of carboxylic acid groups (broad SMARTS) is 1. The third-order valence-electron chi connectivity index (χ3n) is 5.45. The van der Waals surface area contributed by atoms with E-state index >= 15 is 0 Å². The van der Waals surface area contributed by atoms with Gasteiger partial charge >= 0.3 is 11.9 Å². The van der Waals surface area contributed by atoms with E-state index in [0.717, 1.165) is 0 Å². The van der Waals surface area contributed by atoms with Gasteiger partial charge in [-0.2, -0.15) is 0 Å². The molecule has 0 saturated carbocycles. The number of aromatic carboxylic acids is 1. The van der Waals surface area contributed by atoms with Crippen molar-refractivity contribution in [1.82, 2.24) is 19.9 Å². The largest absolute Gasteiger partial charge is 0.476 e. The molecule has 2 aromatic heterocycles. The zero-order valence-corrected chi connectivity index (χ0v) is 27.1. The van der Waals surface area contributed by atoms with Gasteiger partial charge in [-0.3, -0.25) is 9.59 Å². The second-order valence-corrected chi connectivity index (χ2v) is 10.8. The number of aromatic nitrogens is 4. The molecule has 12 nitrogen and oxygen atoms in total. The maximum absolute atomic E-state index is 12.2. The highest BCUT2D eigenvalue weighted by Gasteiger charge is 2.20. The number of benzene rings is 2. The van der Waals surface area contributed by atoms with Gasteiger partial charge in [-0.15, -0.1) is 0 Å². The summed E-state index contributed by atoms with van der Waals surface area (Å²) in [5.41, 5.74) is 0.252. The van der Waals surface area contributed by atoms with Crippen LogP contribution >= 0.6 is 69.6 Å². The van der Waals surface area contributed by atoms with Gasteiger partial charge in [0, 0.05) is 46.0 Å². The first-order chi connectivity index (χ1) is 21.3. The summed E-state index contributed by atoms with van der Waals surface area (Å²) in [5, 5.41) is 15.3. The van der Waals surface area contributed by atoms with Crippen LogP contribution in [0, 0.1) is 0 Å². The highest BCUT2D eigenvalue weighted by atomic mass is 35.5. The second-order valence-electron chi connectivity index (χ2n) is 8.40. The third-order valence-corrected chi connectivity index (χ3v) is 7.84. The monoisotopic (exact) mass is 732 g/mol. The van der Waals surface area contributed by atoms with Crippen molar-refractivity contribution in [2.45, 2.75) is 12.8 Å². The van der Waals surface area contributed by atoms with Gasteiger partial charge in [-0.05, 0) is 24.3 Å². The Kier molecular flexibility index (Phi) is 13.1. The lowest BCUT2D eigenvalue weighted by atomic mass is 10.1. The minimum absolute atomic E-state index is 0.0152. The Labute approximate surface area is 285 Å². The van der Waals surface area contributed by atoms with Gasteiger partial charge in [-0.1, -0.05) is 69.6 Å². The molecule has 18 heteroatoms. The SMILES string of the molecule is COC(=O)c1nccnc1NC(=O)Cc1c(Cl)ccc(Cl)c1Cl.O=C(Cc1c(Cl)ccc(Cl)c1Cl)Nc1nccnc1C(=O)O. The molecule has 4 rings (SSSR count). The molecule has 0 atom stereocenters. The number of carboxylic acids is 1. The Morgan fingerprint density at radius 1 is 0.644 bits per heavy atom. The first kappa shape index (κ1) is 35.7. The van der Waals surface area contributed by atoms with E-state index in [1.54, 1.807) is 6.07 Å².